The van der Waals surface area contributed by atoms with Gasteiger partial charge in [0.1, 0.15) is 29.4 Å². The predicted molar refractivity (Wildman–Crippen MR) is 144 cm³/mol. The lowest BCUT2D eigenvalue weighted by atomic mass is 9.92. The monoisotopic (exact) mass is 542 g/mol. The van der Waals surface area contributed by atoms with Crippen LogP contribution in [0.25, 0.3) is 22.3 Å². The number of esters is 1. The highest BCUT2D eigenvalue weighted by Crippen LogP contribution is 2.47. The third kappa shape index (κ3) is 6.57. The number of hydrogen-bond acceptors (Lipinski definition) is 9. The largest absolute Gasteiger partial charge is 0.508 e. The van der Waals surface area contributed by atoms with Crippen molar-refractivity contribution in [3.05, 3.63) is 65.7 Å². The van der Waals surface area contributed by atoms with Crippen molar-refractivity contribution in [1.82, 2.24) is 0 Å². The topological polar surface area (TPSA) is 118 Å². The minimum absolute atomic E-state index is 0.0320. The highest BCUT2D eigenvalue weighted by Gasteiger charge is 2.28. The summed E-state index contributed by atoms with van der Waals surface area (Å²) in [5, 5.41) is 9.74. The zero-order valence-electron chi connectivity index (χ0n) is 22.0. The molecular weight excluding hydrogens is 512 g/mol. The van der Waals surface area contributed by atoms with Crippen molar-refractivity contribution < 1.29 is 41.4 Å². The first kappa shape index (κ1) is 28.4. The molecule has 0 atom stereocenters. The fourth-order valence-electron chi connectivity index (χ4n) is 3.76. The molecule has 0 aliphatic rings. The van der Waals surface area contributed by atoms with Crippen molar-refractivity contribution >= 4 is 16.1 Å². The van der Waals surface area contributed by atoms with Gasteiger partial charge < -0.3 is 28.2 Å². The number of carbonyl (C=O) groups is 1. The third-order valence-corrected chi connectivity index (χ3v) is 5.92. The smallest absolute Gasteiger partial charge is 0.342 e. The molecule has 3 aromatic rings. The number of carbonyl (C=O) groups excluding carboxylic acids is 1. The van der Waals surface area contributed by atoms with Crippen LogP contribution < -0.4 is 18.4 Å². The van der Waals surface area contributed by atoms with E-state index in [2.05, 4.69) is 0 Å². The number of rotatable bonds is 10. The molecule has 3 rings (SSSR count). The van der Waals surface area contributed by atoms with Gasteiger partial charge in [0.05, 0.1) is 27.6 Å². The average molecular weight is 543 g/mol. The number of allylic oxidation sites excluding steroid dienone is 1. The van der Waals surface area contributed by atoms with E-state index in [0.717, 1.165) is 11.8 Å². The molecule has 0 saturated heterocycles. The van der Waals surface area contributed by atoms with Crippen molar-refractivity contribution in [3.8, 4) is 51.0 Å². The maximum absolute atomic E-state index is 13.1. The van der Waals surface area contributed by atoms with E-state index in [1.165, 1.54) is 39.5 Å². The SMILES string of the molecule is COC(=O)c1c(OC)c(-c2ccc(OCC=C(C)C)c(OS(C)(=O)=O)c2)cc(OC)c1-c1ccc(O)cc1. The van der Waals surface area contributed by atoms with Crippen LogP contribution in [0, 0.1) is 0 Å². The molecule has 0 amide bonds. The van der Waals surface area contributed by atoms with Gasteiger partial charge in [0, 0.05) is 11.1 Å². The van der Waals surface area contributed by atoms with Gasteiger partial charge in [-0.1, -0.05) is 23.8 Å². The standard InChI is InChI=1S/C28H30O9S/c1-17(2)13-14-36-22-12-9-19(15-23(22)37-38(6,31)32)21-16-24(33-3)25(18-7-10-20(29)11-8-18)26(27(21)34-4)28(30)35-5/h7-13,15-16,29H,14H2,1-6H3. The second-order valence-electron chi connectivity index (χ2n) is 8.49. The molecule has 202 valence electrons. The Morgan fingerprint density at radius 1 is 0.895 bits per heavy atom. The molecule has 0 heterocycles. The Bertz CT molecular complexity index is 1450. The average Bonchev–Trinajstić information content (AvgIpc) is 2.87. The van der Waals surface area contributed by atoms with Gasteiger partial charge in [-0.3, -0.25) is 0 Å². The molecular formula is C28H30O9S. The maximum Gasteiger partial charge on any atom is 0.342 e. The Labute approximate surface area is 222 Å². The molecule has 1 N–H and O–H groups in total. The number of methoxy groups -OCH3 is 3. The van der Waals surface area contributed by atoms with Crippen LogP contribution in [0.15, 0.2) is 60.2 Å². The fourth-order valence-corrected chi connectivity index (χ4v) is 4.22. The number of benzene rings is 3. The quantitative estimate of drug-likeness (QED) is 0.209. The minimum atomic E-state index is -3.89. The number of phenols is 1. The Hall–Kier alpha value is -4.18. The second kappa shape index (κ2) is 11.9. The van der Waals surface area contributed by atoms with E-state index in [1.54, 1.807) is 30.3 Å². The number of aromatic hydroxyl groups is 1. The number of ether oxygens (including phenoxy) is 4. The Kier molecular flexibility index (Phi) is 8.90. The first-order valence-electron chi connectivity index (χ1n) is 11.5. The Morgan fingerprint density at radius 3 is 2.11 bits per heavy atom. The van der Waals surface area contributed by atoms with Crippen LogP contribution in [0.4, 0.5) is 0 Å². The van der Waals surface area contributed by atoms with Crippen molar-refractivity contribution in [1.29, 1.82) is 0 Å². The van der Waals surface area contributed by atoms with Crippen LogP contribution in [0.3, 0.4) is 0 Å². The summed E-state index contributed by atoms with van der Waals surface area (Å²) in [5.74, 6) is 0.0538. The van der Waals surface area contributed by atoms with Crippen LogP contribution in [0.1, 0.15) is 24.2 Å². The predicted octanol–water partition coefficient (Wildman–Crippen LogP) is 5.21. The lowest BCUT2D eigenvalue weighted by Gasteiger charge is -2.20. The highest BCUT2D eigenvalue weighted by atomic mass is 32.2. The summed E-state index contributed by atoms with van der Waals surface area (Å²) >= 11 is 0. The molecule has 0 radical (unpaired) electrons. The van der Waals surface area contributed by atoms with Gasteiger partial charge in [0.2, 0.25) is 0 Å². The van der Waals surface area contributed by atoms with E-state index in [4.69, 9.17) is 23.1 Å². The van der Waals surface area contributed by atoms with E-state index in [1.807, 2.05) is 19.9 Å². The zero-order chi connectivity index (χ0) is 28.0. The van der Waals surface area contributed by atoms with Crippen LogP contribution in [-0.4, -0.2) is 53.7 Å². The molecule has 0 unspecified atom stereocenters. The molecule has 38 heavy (non-hydrogen) atoms. The van der Waals surface area contributed by atoms with Gasteiger partial charge in [-0.05, 0) is 61.4 Å². The first-order chi connectivity index (χ1) is 18.0. The molecule has 0 aliphatic heterocycles. The van der Waals surface area contributed by atoms with Crippen molar-refractivity contribution in [2.45, 2.75) is 13.8 Å². The zero-order valence-corrected chi connectivity index (χ0v) is 22.8. The molecule has 3 aromatic carbocycles. The van der Waals surface area contributed by atoms with Gasteiger partial charge in [-0.2, -0.15) is 8.42 Å². The van der Waals surface area contributed by atoms with E-state index >= 15 is 0 Å². The molecule has 9 nitrogen and oxygen atoms in total. The summed E-state index contributed by atoms with van der Waals surface area (Å²) in [7, 11) is 0.221. The Balaban J connectivity index is 2.29. The molecule has 0 spiro atoms. The summed E-state index contributed by atoms with van der Waals surface area (Å²) in [5.41, 5.74) is 2.98. The lowest BCUT2D eigenvalue weighted by Crippen LogP contribution is -2.10. The van der Waals surface area contributed by atoms with Crippen molar-refractivity contribution in [3.63, 3.8) is 0 Å². The van der Waals surface area contributed by atoms with Gasteiger partial charge in [0.15, 0.2) is 11.5 Å². The molecule has 0 fully saturated rings. The second-order valence-corrected chi connectivity index (χ2v) is 10.1. The fraction of sp³-hybridized carbons (Fsp3) is 0.250. The lowest BCUT2D eigenvalue weighted by molar-refractivity contribution is 0.0597. The number of hydrogen-bond donors (Lipinski definition) is 1. The van der Waals surface area contributed by atoms with Crippen LogP contribution in [-0.2, 0) is 14.9 Å². The normalized spacial score (nSPS) is 10.9. The van der Waals surface area contributed by atoms with Gasteiger partial charge >= 0.3 is 16.1 Å². The summed E-state index contributed by atoms with van der Waals surface area (Å²) in [6.45, 7) is 4.05. The van der Waals surface area contributed by atoms with E-state index in [9.17, 15) is 18.3 Å². The van der Waals surface area contributed by atoms with Crippen LogP contribution in [0.5, 0.6) is 28.7 Å². The van der Waals surface area contributed by atoms with Gasteiger partial charge in [-0.25, -0.2) is 4.79 Å². The summed E-state index contributed by atoms with van der Waals surface area (Å²) in [6.07, 6.45) is 2.78. The summed E-state index contributed by atoms with van der Waals surface area (Å²) in [4.78, 5) is 13.1. The molecule has 0 aliphatic carbocycles. The first-order valence-corrected chi connectivity index (χ1v) is 13.3. The Morgan fingerprint density at radius 2 is 1.55 bits per heavy atom. The van der Waals surface area contributed by atoms with E-state index < -0.39 is 16.1 Å². The number of phenolic OH excluding ortho intramolecular Hbond substituents is 1. The van der Waals surface area contributed by atoms with Gasteiger partial charge in [0.25, 0.3) is 0 Å². The molecule has 0 saturated carbocycles. The van der Waals surface area contributed by atoms with E-state index in [0.29, 0.717) is 28.0 Å². The molecule has 0 aromatic heterocycles. The highest BCUT2D eigenvalue weighted by molar-refractivity contribution is 7.86. The molecule has 10 heteroatoms. The van der Waals surface area contributed by atoms with Crippen molar-refractivity contribution in [2.24, 2.45) is 0 Å². The third-order valence-electron chi connectivity index (χ3n) is 5.44. The summed E-state index contributed by atoms with van der Waals surface area (Å²) in [6, 6.07) is 12.6. The van der Waals surface area contributed by atoms with Gasteiger partial charge in [-0.15, -0.1) is 0 Å². The van der Waals surface area contributed by atoms with Crippen LogP contribution in [0.2, 0.25) is 0 Å². The van der Waals surface area contributed by atoms with Crippen LogP contribution >= 0.6 is 0 Å². The summed E-state index contributed by atoms with van der Waals surface area (Å²) < 4.78 is 51.4. The molecule has 0 bridgehead atoms. The maximum atomic E-state index is 13.1. The van der Waals surface area contributed by atoms with Crippen molar-refractivity contribution in [2.75, 3.05) is 34.2 Å². The minimum Gasteiger partial charge on any atom is -0.508 e. The van der Waals surface area contributed by atoms with E-state index in [-0.39, 0.29) is 35.2 Å².